The quantitative estimate of drug-likeness (QED) is 0.496. The van der Waals surface area contributed by atoms with Crippen LogP contribution in [0.5, 0.6) is 0 Å². The summed E-state index contributed by atoms with van der Waals surface area (Å²) < 4.78 is 0. The van der Waals surface area contributed by atoms with Crippen molar-refractivity contribution in [3.05, 3.63) is 0 Å². The molecule has 1 aliphatic carbocycles. The van der Waals surface area contributed by atoms with Crippen LogP contribution < -0.4 is 0 Å². The molecule has 3 atom stereocenters. The van der Waals surface area contributed by atoms with E-state index >= 15 is 0 Å². The van der Waals surface area contributed by atoms with Crippen LogP contribution in [0.4, 0.5) is 0 Å². The SMILES string of the molecule is CBC(S)C1(C)CCCC(O)C1. The molecule has 0 aliphatic heterocycles. The van der Waals surface area contributed by atoms with Gasteiger partial charge in [0, 0.05) is 0 Å². The molecule has 1 fully saturated rings. The lowest BCUT2D eigenvalue weighted by atomic mass is 9.59. The number of rotatable bonds is 2. The smallest absolute Gasteiger partial charge is 0.134 e. The third-order valence-corrected chi connectivity index (χ3v) is 4.17. The Morgan fingerprint density at radius 2 is 2.33 bits per heavy atom. The number of hydrogen-bond donors (Lipinski definition) is 2. The maximum Gasteiger partial charge on any atom is 0.134 e. The standard InChI is InChI=1S/C9H19BOS/c1-9(8(12)10-2)5-3-4-7(11)6-9/h7-8,10-12H,3-6H2,1-2H3. The third-order valence-electron chi connectivity index (χ3n) is 3.18. The van der Waals surface area contributed by atoms with E-state index in [-0.39, 0.29) is 11.5 Å². The molecule has 1 N–H and O–H groups in total. The molecule has 3 unspecified atom stereocenters. The summed E-state index contributed by atoms with van der Waals surface area (Å²) in [5.74, 6) is 0. The maximum atomic E-state index is 9.56. The monoisotopic (exact) mass is 186 g/mol. The number of hydrogen-bond acceptors (Lipinski definition) is 2. The first-order valence-electron chi connectivity index (χ1n) is 4.94. The highest BCUT2D eigenvalue weighted by atomic mass is 32.1. The molecule has 12 heavy (non-hydrogen) atoms. The summed E-state index contributed by atoms with van der Waals surface area (Å²) in [6, 6.07) is 0. The van der Waals surface area contributed by atoms with Gasteiger partial charge in [-0.15, -0.1) is 0 Å². The molecule has 0 aromatic rings. The zero-order chi connectivity index (χ0) is 9.19. The van der Waals surface area contributed by atoms with Gasteiger partial charge in [0.15, 0.2) is 0 Å². The van der Waals surface area contributed by atoms with Crippen molar-refractivity contribution in [2.75, 3.05) is 0 Å². The van der Waals surface area contributed by atoms with E-state index < -0.39 is 0 Å². The van der Waals surface area contributed by atoms with Gasteiger partial charge in [-0.05, 0) is 29.8 Å². The highest BCUT2D eigenvalue weighted by molar-refractivity contribution is 7.82. The van der Waals surface area contributed by atoms with E-state index in [1.807, 2.05) is 0 Å². The van der Waals surface area contributed by atoms with Crippen LogP contribution in [0, 0.1) is 5.41 Å². The molecule has 1 aliphatic rings. The Morgan fingerprint density at radius 1 is 1.67 bits per heavy atom. The fourth-order valence-corrected chi connectivity index (χ4v) is 2.51. The molecule has 0 heterocycles. The fraction of sp³-hybridized carbons (Fsp3) is 1.00. The van der Waals surface area contributed by atoms with E-state index in [0.717, 1.165) is 26.5 Å². The van der Waals surface area contributed by atoms with E-state index in [9.17, 15) is 5.11 Å². The van der Waals surface area contributed by atoms with Crippen molar-refractivity contribution in [1.29, 1.82) is 0 Å². The minimum atomic E-state index is -0.0788. The summed E-state index contributed by atoms with van der Waals surface area (Å²) >= 11 is 4.59. The molecule has 3 heteroatoms. The second-order valence-electron chi connectivity index (χ2n) is 4.33. The lowest BCUT2D eigenvalue weighted by Crippen LogP contribution is -2.38. The Morgan fingerprint density at radius 3 is 2.83 bits per heavy atom. The summed E-state index contributed by atoms with van der Waals surface area (Å²) in [7, 11) is 1.10. The molecule has 0 saturated heterocycles. The Balaban J connectivity index is 2.56. The van der Waals surface area contributed by atoms with Crippen molar-refractivity contribution in [2.24, 2.45) is 5.41 Å². The number of aliphatic hydroxyl groups excluding tert-OH is 1. The highest BCUT2D eigenvalue weighted by Gasteiger charge is 2.35. The number of thiol groups is 1. The van der Waals surface area contributed by atoms with Gasteiger partial charge in [0.25, 0.3) is 0 Å². The lowest BCUT2D eigenvalue weighted by molar-refractivity contribution is 0.0641. The Kier molecular flexibility index (Phi) is 3.53. The first kappa shape index (κ1) is 10.5. The Hall–Kier alpha value is 0.375. The van der Waals surface area contributed by atoms with Gasteiger partial charge in [-0.1, -0.05) is 20.2 Å². The minimum Gasteiger partial charge on any atom is -0.393 e. The van der Waals surface area contributed by atoms with Crippen LogP contribution in [0.1, 0.15) is 32.6 Å². The zero-order valence-corrected chi connectivity index (χ0v) is 8.98. The van der Waals surface area contributed by atoms with Gasteiger partial charge in [-0.25, -0.2) is 0 Å². The first-order chi connectivity index (χ1) is 5.58. The van der Waals surface area contributed by atoms with Crippen LogP contribution in [-0.2, 0) is 0 Å². The topological polar surface area (TPSA) is 20.2 Å². The Labute approximate surface area is 81.6 Å². The van der Waals surface area contributed by atoms with E-state index in [2.05, 4.69) is 26.4 Å². The second kappa shape index (κ2) is 4.06. The van der Waals surface area contributed by atoms with E-state index in [0.29, 0.717) is 5.15 Å². The largest absolute Gasteiger partial charge is 0.393 e. The van der Waals surface area contributed by atoms with Crippen LogP contribution in [-0.4, -0.2) is 23.6 Å². The molecule has 70 valence electrons. The average Bonchev–Trinajstić information content (AvgIpc) is 2.02. The summed E-state index contributed by atoms with van der Waals surface area (Å²) in [6.45, 7) is 4.43. The predicted molar refractivity (Wildman–Crippen MR) is 58.4 cm³/mol. The molecular weight excluding hydrogens is 167 g/mol. The molecule has 0 radical (unpaired) electrons. The molecule has 1 nitrogen and oxygen atoms in total. The van der Waals surface area contributed by atoms with Gasteiger partial charge < -0.3 is 5.11 Å². The Bertz CT molecular complexity index is 153. The van der Waals surface area contributed by atoms with Gasteiger partial charge in [0.2, 0.25) is 0 Å². The van der Waals surface area contributed by atoms with Gasteiger partial charge in [-0.2, -0.15) is 12.6 Å². The summed E-state index contributed by atoms with van der Waals surface area (Å²) in [5, 5.41) is 10.0. The molecule has 0 aromatic carbocycles. The van der Waals surface area contributed by atoms with Crippen molar-refractivity contribution in [1.82, 2.24) is 0 Å². The van der Waals surface area contributed by atoms with Crippen molar-refractivity contribution in [2.45, 2.75) is 50.7 Å². The molecular formula is C9H19BOS. The van der Waals surface area contributed by atoms with Gasteiger partial charge >= 0.3 is 0 Å². The molecule has 1 saturated carbocycles. The van der Waals surface area contributed by atoms with Crippen molar-refractivity contribution >= 4 is 19.9 Å². The van der Waals surface area contributed by atoms with Crippen LogP contribution in [0.15, 0.2) is 0 Å². The van der Waals surface area contributed by atoms with Gasteiger partial charge in [0.1, 0.15) is 7.28 Å². The predicted octanol–water partition coefficient (Wildman–Crippen LogP) is 1.67. The minimum absolute atomic E-state index is 0.0788. The van der Waals surface area contributed by atoms with Gasteiger partial charge in [-0.3, -0.25) is 0 Å². The summed E-state index contributed by atoms with van der Waals surface area (Å²) in [4.78, 5) is 0. The van der Waals surface area contributed by atoms with E-state index in [1.54, 1.807) is 0 Å². The van der Waals surface area contributed by atoms with Crippen molar-refractivity contribution in [3.8, 4) is 0 Å². The van der Waals surface area contributed by atoms with Crippen LogP contribution >= 0.6 is 12.6 Å². The molecule has 0 bridgehead atoms. The van der Waals surface area contributed by atoms with E-state index in [4.69, 9.17) is 0 Å². The van der Waals surface area contributed by atoms with Gasteiger partial charge in [0.05, 0.1) is 6.10 Å². The van der Waals surface area contributed by atoms with Crippen molar-refractivity contribution in [3.63, 3.8) is 0 Å². The van der Waals surface area contributed by atoms with Crippen LogP contribution in [0.2, 0.25) is 6.82 Å². The molecule has 1 rings (SSSR count). The molecule has 0 aromatic heterocycles. The van der Waals surface area contributed by atoms with Crippen molar-refractivity contribution < 1.29 is 5.11 Å². The average molecular weight is 186 g/mol. The fourth-order valence-electron chi connectivity index (χ4n) is 2.28. The van der Waals surface area contributed by atoms with Crippen LogP contribution in [0.25, 0.3) is 0 Å². The van der Waals surface area contributed by atoms with Crippen LogP contribution in [0.3, 0.4) is 0 Å². The summed E-state index contributed by atoms with van der Waals surface area (Å²) in [6.07, 6.45) is 4.24. The molecule has 0 spiro atoms. The highest BCUT2D eigenvalue weighted by Crippen LogP contribution is 2.40. The second-order valence-corrected chi connectivity index (χ2v) is 4.95. The van der Waals surface area contributed by atoms with E-state index in [1.165, 1.54) is 6.42 Å². The third kappa shape index (κ3) is 2.20. The first-order valence-corrected chi connectivity index (χ1v) is 5.46. The normalized spacial score (nSPS) is 39.2. The molecule has 0 amide bonds. The lowest BCUT2D eigenvalue weighted by Gasteiger charge is -2.40. The zero-order valence-electron chi connectivity index (χ0n) is 8.08. The maximum absolute atomic E-state index is 9.56. The summed E-state index contributed by atoms with van der Waals surface area (Å²) in [5.41, 5.74) is 0.273. The number of aliphatic hydroxyl groups is 1.